The Kier molecular flexibility index (Phi) is 6.01. The number of aromatic nitrogens is 2. The van der Waals surface area contributed by atoms with Crippen LogP contribution in [0.5, 0.6) is 0 Å². The molecule has 0 aliphatic carbocycles. The second-order valence-corrected chi connectivity index (χ2v) is 8.30. The Labute approximate surface area is 176 Å². The van der Waals surface area contributed by atoms with Gasteiger partial charge >= 0.3 is 0 Å². The first-order valence-corrected chi connectivity index (χ1v) is 10.8. The van der Waals surface area contributed by atoms with E-state index in [9.17, 15) is 0 Å². The molecule has 3 nitrogen and oxygen atoms in total. The lowest BCUT2D eigenvalue weighted by Crippen LogP contribution is -2.01. The van der Waals surface area contributed by atoms with Gasteiger partial charge < -0.3 is 5.32 Å². The Balaban J connectivity index is 1.44. The number of benzene rings is 2. The molecule has 0 aliphatic rings. The molecular formula is C25H25N3S. The van der Waals surface area contributed by atoms with E-state index >= 15 is 0 Å². The predicted octanol–water partition coefficient (Wildman–Crippen LogP) is 6.47. The normalized spacial score (nSPS) is 11.9. The quantitative estimate of drug-likeness (QED) is 0.387. The van der Waals surface area contributed by atoms with Crippen molar-refractivity contribution >= 4 is 17.2 Å². The summed E-state index contributed by atoms with van der Waals surface area (Å²) in [5.74, 6) is 1.26. The molecule has 0 spiro atoms. The van der Waals surface area contributed by atoms with Crippen molar-refractivity contribution in [2.75, 3.05) is 5.32 Å². The molecule has 0 saturated heterocycles. The fraction of sp³-hybridized carbons (Fsp3) is 0.200. The van der Waals surface area contributed by atoms with Gasteiger partial charge in [-0.05, 0) is 36.6 Å². The molecule has 4 aromatic rings. The van der Waals surface area contributed by atoms with Crippen LogP contribution in [0.15, 0.2) is 78.3 Å². The Bertz CT molecular complexity index is 1070. The Morgan fingerprint density at radius 3 is 2.62 bits per heavy atom. The maximum Gasteiger partial charge on any atom is 0.126 e. The van der Waals surface area contributed by atoms with Gasteiger partial charge in [-0.1, -0.05) is 67.1 Å². The molecule has 1 unspecified atom stereocenters. The topological polar surface area (TPSA) is 37.8 Å². The standard InChI is InChI=1S/C25H25N3S/c1-18-7-6-10-21(13-18)14-19(2)23-17-29-25(28-23)22-11-12-26-24(15-22)27-16-20-8-4-3-5-9-20/h3-13,15,17,19H,14,16H2,1-2H3,(H,26,27). The van der Waals surface area contributed by atoms with Crippen LogP contribution in [0, 0.1) is 6.92 Å². The fourth-order valence-corrected chi connectivity index (χ4v) is 4.33. The van der Waals surface area contributed by atoms with Gasteiger partial charge in [0.2, 0.25) is 0 Å². The number of nitrogens with one attached hydrogen (secondary N) is 1. The summed E-state index contributed by atoms with van der Waals surface area (Å²) in [7, 11) is 0. The van der Waals surface area contributed by atoms with Crippen LogP contribution in [0.3, 0.4) is 0 Å². The van der Waals surface area contributed by atoms with Gasteiger partial charge in [-0.15, -0.1) is 11.3 Å². The summed E-state index contributed by atoms with van der Waals surface area (Å²) in [4.78, 5) is 9.37. The van der Waals surface area contributed by atoms with Crippen LogP contribution in [0.25, 0.3) is 10.6 Å². The number of rotatable bonds is 7. The molecule has 4 heteroatoms. The van der Waals surface area contributed by atoms with E-state index in [1.807, 2.05) is 18.3 Å². The molecule has 0 aliphatic heterocycles. The molecule has 2 heterocycles. The van der Waals surface area contributed by atoms with Crippen molar-refractivity contribution in [2.45, 2.75) is 32.7 Å². The molecule has 0 saturated carbocycles. The van der Waals surface area contributed by atoms with Gasteiger partial charge in [0.1, 0.15) is 10.8 Å². The lowest BCUT2D eigenvalue weighted by molar-refractivity contribution is 0.737. The van der Waals surface area contributed by atoms with Crippen molar-refractivity contribution in [1.29, 1.82) is 0 Å². The maximum atomic E-state index is 4.92. The smallest absolute Gasteiger partial charge is 0.126 e. The van der Waals surface area contributed by atoms with Gasteiger partial charge in [0.15, 0.2) is 0 Å². The Morgan fingerprint density at radius 2 is 1.79 bits per heavy atom. The van der Waals surface area contributed by atoms with Gasteiger partial charge in [-0.2, -0.15) is 0 Å². The average Bonchev–Trinajstić information content (AvgIpc) is 3.24. The van der Waals surface area contributed by atoms with Crippen molar-refractivity contribution in [3.05, 3.63) is 101 Å². The highest BCUT2D eigenvalue weighted by molar-refractivity contribution is 7.13. The third kappa shape index (κ3) is 5.09. The van der Waals surface area contributed by atoms with Gasteiger partial charge in [-0.25, -0.2) is 9.97 Å². The van der Waals surface area contributed by atoms with Crippen molar-refractivity contribution in [3.63, 3.8) is 0 Å². The lowest BCUT2D eigenvalue weighted by Gasteiger charge is -2.09. The van der Waals surface area contributed by atoms with E-state index in [0.717, 1.165) is 35.0 Å². The molecule has 0 fully saturated rings. The highest BCUT2D eigenvalue weighted by atomic mass is 32.1. The monoisotopic (exact) mass is 399 g/mol. The van der Waals surface area contributed by atoms with E-state index in [-0.39, 0.29) is 0 Å². The molecule has 1 atom stereocenters. The number of aryl methyl sites for hydroxylation is 1. The van der Waals surface area contributed by atoms with E-state index in [1.165, 1.54) is 16.7 Å². The number of pyridine rings is 1. The highest BCUT2D eigenvalue weighted by Gasteiger charge is 2.13. The van der Waals surface area contributed by atoms with E-state index < -0.39 is 0 Å². The zero-order valence-corrected chi connectivity index (χ0v) is 17.6. The molecule has 4 rings (SSSR count). The van der Waals surface area contributed by atoms with Crippen molar-refractivity contribution in [1.82, 2.24) is 9.97 Å². The van der Waals surface area contributed by atoms with E-state index in [1.54, 1.807) is 11.3 Å². The average molecular weight is 400 g/mol. The van der Waals surface area contributed by atoms with Gasteiger partial charge in [0, 0.05) is 29.6 Å². The van der Waals surface area contributed by atoms with Crippen molar-refractivity contribution in [2.24, 2.45) is 0 Å². The summed E-state index contributed by atoms with van der Waals surface area (Å²) < 4.78 is 0. The summed E-state index contributed by atoms with van der Waals surface area (Å²) in [5, 5.41) is 6.63. The highest BCUT2D eigenvalue weighted by Crippen LogP contribution is 2.29. The van der Waals surface area contributed by atoms with Crippen LogP contribution in [0.2, 0.25) is 0 Å². The maximum absolute atomic E-state index is 4.92. The fourth-order valence-electron chi connectivity index (χ4n) is 3.39. The SMILES string of the molecule is Cc1cccc(CC(C)c2csc(-c3ccnc(NCc4ccccc4)c3)n2)c1. The summed E-state index contributed by atoms with van der Waals surface area (Å²) in [6, 6.07) is 23.2. The molecule has 2 aromatic carbocycles. The van der Waals surface area contributed by atoms with Crippen LogP contribution in [-0.2, 0) is 13.0 Å². The van der Waals surface area contributed by atoms with Crippen LogP contribution in [0.4, 0.5) is 5.82 Å². The predicted molar refractivity (Wildman–Crippen MR) is 122 cm³/mol. The number of anilines is 1. The molecule has 2 aromatic heterocycles. The summed E-state index contributed by atoms with van der Waals surface area (Å²) in [5.41, 5.74) is 6.17. The number of thiazole rings is 1. The summed E-state index contributed by atoms with van der Waals surface area (Å²) in [6.45, 7) is 5.15. The van der Waals surface area contributed by atoms with Crippen molar-refractivity contribution < 1.29 is 0 Å². The van der Waals surface area contributed by atoms with Crippen molar-refractivity contribution in [3.8, 4) is 10.6 Å². The van der Waals surface area contributed by atoms with E-state index in [0.29, 0.717) is 5.92 Å². The van der Waals surface area contributed by atoms with E-state index in [2.05, 4.69) is 84.1 Å². The molecule has 1 N–H and O–H groups in total. The largest absolute Gasteiger partial charge is 0.366 e. The zero-order valence-electron chi connectivity index (χ0n) is 16.8. The Morgan fingerprint density at radius 1 is 0.966 bits per heavy atom. The third-order valence-electron chi connectivity index (χ3n) is 4.97. The number of hydrogen-bond donors (Lipinski definition) is 1. The first-order valence-electron chi connectivity index (χ1n) is 9.92. The zero-order chi connectivity index (χ0) is 20.1. The second-order valence-electron chi connectivity index (χ2n) is 7.44. The molecule has 29 heavy (non-hydrogen) atoms. The minimum atomic E-state index is 0.388. The minimum Gasteiger partial charge on any atom is -0.366 e. The summed E-state index contributed by atoms with van der Waals surface area (Å²) in [6.07, 6.45) is 2.85. The Hall–Kier alpha value is -2.98. The molecule has 0 bridgehead atoms. The number of hydrogen-bond acceptors (Lipinski definition) is 4. The van der Waals surface area contributed by atoms with Crippen LogP contribution in [-0.4, -0.2) is 9.97 Å². The molecule has 146 valence electrons. The first kappa shape index (κ1) is 19.3. The third-order valence-corrected chi connectivity index (χ3v) is 5.88. The molecule has 0 radical (unpaired) electrons. The molecular weight excluding hydrogens is 374 g/mol. The lowest BCUT2D eigenvalue weighted by atomic mass is 9.98. The van der Waals surface area contributed by atoms with Gasteiger partial charge in [0.05, 0.1) is 5.69 Å². The van der Waals surface area contributed by atoms with Crippen LogP contribution < -0.4 is 5.32 Å². The first-order chi connectivity index (χ1) is 14.2. The molecule has 0 amide bonds. The van der Waals surface area contributed by atoms with Crippen LogP contribution in [0.1, 0.15) is 35.2 Å². The van der Waals surface area contributed by atoms with Gasteiger partial charge in [-0.3, -0.25) is 0 Å². The number of nitrogens with zero attached hydrogens (tertiary/aromatic N) is 2. The van der Waals surface area contributed by atoms with Gasteiger partial charge in [0.25, 0.3) is 0 Å². The summed E-state index contributed by atoms with van der Waals surface area (Å²) >= 11 is 1.70. The second kappa shape index (κ2) is 9.01. The minimum absolute atomic E-state index is 0.388. The van der Waals surface area contributed by atoms with E-state index in [4.69, 9.17) is 4.98 Å². The van der Waals surface area contributed by atoms with Crippen LogP contribution >= 0.6 is 11.3 Å².